The van der Waals surface area contributed by atoms with Gasteiger partial charge in [0.05, 0.1) is 17.1 Å². The van der Waals surface area contributed by atoms with Crippen LogP contribution in [0, 0.1) is 5.92 Å². The number of aromatic nitrogens is 3. The van der Waals surface area contributed by atoms with Gasteiger partial charge in [-0.2, -0.15) is 0 Å². The van der Waals surface area contributed by atoms with Crippen LogP contribution in [0.25, 0.3) is 16.8 Å². The van der Waals surface area contributed by atoms with Gasteiger partial charge in [0.25, 0.3) is 0 Å². The van der Waals surface area contributed by atoms with Crippen LogP contribution < -0.4 is 11.5 Å². The predicted octanol–water partition coefficient (Wildman–Crippen LogP) is 5.61. The number of nitrogen functional groups attached to an aromatic ring is 2. The molecule has 2 aromatic heterocycles. The molecule has 1 fully saturated rings. The van der Waals surface area contributed by atoms with E-state index in [0.29, 0.717) is 17.4 Å². The second-order valence-corrected chi connectivity index (χ2v) is 8.77. The summed E-state index contributed by atoms with van der Waals surface area (Å²) in [4.78, 5) is 14.4. The molecule has 4 N–H and O–H groups in total. The van der Waals surface area contributed by atoms with Crippen LogP contribution in [-0.2, 0) is 0 Å². The molecule has 0 amide bonds. The van der Waals surface area contributed by atoms with Crippen LogP contribution in [0.5, 0.6) is 0 Å². The second kappa shape index (κ2) is 8.11. The Hall–Kier alpha value is -3.67. The first-order valence-corrected chi connectivity index (χ1v) is 11.2. The number of nitrogens with zero attached hydrogens (tertiary/aromatic N) is 4. The molecule has 162 valence electrons. The summed E-state index contributed by atoms with van der Waals surface area (Å²) in [5.74, 6) is 2.26. The number of nitrogens with two attached hydrogens (primary N) is 2. The van der Waals surface area contributed by atoms with Crippen LogP contribution >= 0.6 is 0 Å². The number of hydrogen-bond acceptors (Lipinski definition) is 5. The first kappa shape index (κ1) is 20.2. The molecule has 0 radical (unpaired) electrons. The summed E-state index contributed by atoms with van der Waals surface area (Å²) in [5, 5.41) is 0. The van der Waals surface area contributed by atoms with Gasteiger partial charge in [0, 0.05) is 23.9 Å². The van der Waals surface area contributed by atoms with Gasteiger partial charge in [-0.3, -0.25) is 9.39 Å². The Balaban J connectivity index is 1.66. The van der Waals surface area contributed by atoms with Crippen molar-refractivity contribution in [1.82, 2.24) is 14.4 Å². The summed E-state index contributed by atoms with van der Waals surface area (Å²) in [7, 11) is 0. The topological polar surface area (TPSA) is 94.6 Å². The molecule has 6 nitrogen and oxygen atoms in total. The molecule has 4 aromatic rings. The van der Waals surface area contributed by atoms with Crippen molar-refractivity contribution >= 4 is 28.4 Å². The highest BCUT2D eigenvalue weighted by atomic mass is 15.1. The number of fused-ring (bicyclic) bond motifs is 1. The minimum absolute atomic E-state index is 0.249. The van der Waals surface area contributed by atoms with Crippen molar-refractivity contribution in [3.8, 4) is 11.3 Å². The van der Waals surface area contributed by atoms with Gasteiger partial charge in [0.2, 0.25) is 0 Å². The molecule has 0 aliphatic heterocycles. The highest BCUT2D eigenvalue weighted by Crippen LogP contribution is 2.40. The lowest BCUT2D eigenvalue weighted by Gasteiger charge is -2.23. The highest BCUT2D eigenvalue weighted by molar-refractivity contribution is 6.04. The van der Waals surface area contributed by atoms with E-state index in [9.17, 15) is 0 Å². The van der Waals surface area contributed by atoms with Gasteiger partial charge in [-0.15, -0.1) is 0 Å². The molecule has 0 unspecified atom stereocenters. The Bertz CT molecular complexity index is 1300. The summed E-state index contributed by atoms with van der Waals surface area (Å²) in [5.41, 5.74) is 18.8. The monoisotopic (exact) mass is 424 g/mol. The quantitative estimate of drug-likeness (QED) is 0.322. The smallest absolute Gasteiger partial charge is 0.150 e. The fourth-order valence-corrected chi connectivity index (χ4v) is 4.30. The SMILES string of the molecule is CC(C)C(=Nc1cc(-c2nc(C3CCC3)n3ccnc(N)c23)ccc1N)c1ccccc1. The minimum Gasteiger partial charge on any atom is -0.397 e. The maximum Gasteiger partial charge on any atom is 0.150 e. The van der Waals surface area contributed by atoms with Gasteiger partial charge >= 0.3 is 0 Å². The van der Waals surface area contributed by atoms with Gasteiger partial charge in [-0.05, 0) is 36.5 Å². The molecule has 0 spiro atoms. The summed E-state index contributed by atoms with van der Waals surface area (Å²) in [6.07, 6.45) is 7.26. The number of aliphatic imine (C=N–C) groups is 1. The maximum atomic E-state index is 6.35. The Labute approximate surface area is 188 Å². The molecule has 32 heavy (non-hydrogen) atoms. The zero-order valence-corrected chi connectivity index (χ0v) is 18.5. The zero-order chi connectivity index (χ0) is 22.2. The van der Waals surface area contributed by atoms with Gasteiger partial charge < -0.3 is 11.5 Å². The van der Waals surface area contributed by atoms with Gasteiger partial charge in [-0.1, -0.05) is 56.7 Å². The average Bonchev–Trinajstić information content (AvgIpc) is 3.13. The van der Waals surface area contributed by atoms with E-state index in [1.165, 1.54) is 6.42 Å². The average molecular weight is 425 g/mol. The van der Waals surface area contributed by atoms with E-state index in [1.54, 1.807) is 6.20 Å². The fourth-order valence-electron chi connectivity index (χ4n) is 4.30. The molecule has 1 aliphatic rings. The molecule has 6 heteroatoms. The summed E-state index contributed by atoms with van der Waals surface area (Å²) < 4.78 is 2.10. The van der Waals surface area contributed by atoms with Crippen LogP contribution in [0.1, 0.15) is 50.4 Å². The van der Waals surface area contributed by atoms with Crippen LogP contribution in [-0.4, -0.2) is 20.1 Å². The number of anilines is 2. The molecular weight excluding hydrogens is 396 g/mol. The van der Waals surface area contributed by atoms with Crippen LogP contribution in [0.3, 0.4) is 0 Å². The van der Waals surface area contributed by atoms with Gasteiger partial charge in [0.1, 0.15) is 22.9 Å². The predicted molar refractivity (Wildman–Crippen MR) is 131 cm³/mol. The van der Waals surface area contributed by atoms with Crippen molar-refractivity contribution in [3.63, 3.8) is 0 Å². The van der Waals surface area contributed by atoms with E-state index in [0.717, 1.165) is 52.4 Å². The van der Waals surface area contributed by atoms with Crippen molar-refractivity contribution in [3.05, 3.63) is 72.3 Å². The van der Waals surface area contributed by atoms with Crippen molar-refractivity contribution in [1.29, 1.82) is 0 Å². The fraction of sp³-hybridized carbons (Fsp3) is 0.269. The largest absolute Gasteiger partial charge is 0.397 e. The molecule has 0 bridgehead atoms. The molecule has 5 rings (SSSR count). The minimum atomic E-state index is 0.249. The highest BCUT2D eigenvalue weighted by Gasteiger charge is 2.27. The summed E-state index contributed by atoms with van der Waals surface area (Å²) in [6, 6.07) is 16.1. The molecule has 2 heterocycles. The molecule has 1 aliphatic carbocycles. The van der Waals surface area contributed by atoms with Gasteiger partial charge in [-0.25, -0.2) is 9.97 Å². The lowest BCUT2D eigenvalue weighted by atomic mass is 9.85. The standard InChI is InChI=1S/C26H28N6/c1-16(2)22(17-7-4-3-5-8-17)30-21-15-19(11-12-20(21)27)23-24-25(28)29-13-14-32(24)26(31-23)18-9-6-10-18/h3-5,7-8,11-16,18H,6,9-10,27H2,1-2H3,(H2,28,29). The van der Waals surface area contributed by atoms with E-state index in [-0.39, 0.29) is 5.92 Å². The summed E-state index contributed by atoms with van der Waals surface area (Å²) >= 11 is 0. The lowest BCUT2D eigenvalue weighted by Crippen LogP contribution is -2.12. The Morgan fingerprint density at radius 1 is 1.09 bits per heavy atom. The third-order valence-corrected chi connectivity index (χ3v) is 6.24. The van der Waals surface area contributed by atoms with Crippen molar-refractivity contribution in [2.45, 2.75) is 39.0 Å². The van der Waals surface area contributed by atoms with E-state index < -0.39 is 0 Å². The van der Waals surface area contributed by atoms with E-state index >= 15 is 0 Å². The maximum absolute atomic E-state index is 6.35. The summed E-state index contributed by atoms with van der Waals surface area (Å²) in [6.45, 7) is 4.29. The normalized spacial score (nSPS) is 14.8. The number of imidazole rings is 1. The van der Waals surface area contributed by atoms with E-state index in [4.69, 9.17) is 21.4 Å². The Kier molecular flexibility index (Phi) is 5.13. The van der Waals surface area contributed by atoms with E-state index in [1.807, 2.05) is 42.6 Å². The first-order chi connectivity index (χ1) is 15.5. The van der Waals surface area contributed by atoms with Crippen molar-refractivity contribution < 1.29 is 0 Å². The number of benzene rings is 2. The lowest BCUT2D eigenvalue weighted by molar-refractivity contribution is 0.400. The Morgan fingerprint density at radius 2 is 1.88 bits per heavy atom. The number of rotatable bonds is 5. The molecule has 2 aromatic carbocycles. The van der Waals surface area contributed by atoms with Crippen LogP contribution in [0.2, 0.25) is 0 Å². The van der Waals surface area contributed by atoms with Crippen LogP contribution in [0.4, 0.5) is 17.2 Å². The van der Waals surface area contributed by atoms with Crippen molar-refractivity contribution in [2.75, 3.05) is 11.5 Å². The van der Waals surface area contributed by atoms with E-state index in [2.05, 4.69) is 35.4 Å². The molecular formula is C26H28N6. The number of hydrogen-bond donors (Lipinski definition) is 2. The van der Waals surface area contributed by atoms with Crippen LogP contribution in [0.15, 0.2) is 65.9 Å². The third-order valence-electron chi connectivity index (χ3n) is 6.24. The molecule has 0 atom stereocenters. The van der Waals surface area contributed by atoms with Gasteiger partial charge in [0.15, 0.2) is 0 Å². The molecule has 0 saturated heterocycles. The first-order valence-electron chi connectivity index (χ1n) is 11.2. The second-order valence-electron chi connectivity index (χ2n) is 8.77. The third kappa shape index (κ3) is 3.51. The van der Waals surface area contributed by atoms with Crippen molar-refractivity contribution in [2.24, 2.45) is 10.9 Å². The molecule has 1 saturated carbocycles. The zero-order valence-electron chi connectivity index (χ0n) is 18.5. The Morgan fingerprint density at radius 3 is 2.56 bits per heavy atom.